The van der Waals surface area contributed by atoms with Crippen LogP contribution in [0.3, 0.4) is 0 Å². The molecule has 0 unspecified atom stereocenters. The van der Waals surface area contributed by atoms with Gasteiger partial charge in [0.1, 0.15) is 0 Å². The number of Topliss-reactive ketones (excluding diaryl/α,β-unsaturated/α-hetero) is 1. The molecule has 108 valence electrons. The molecule has 0 saturated carbocycles. The second-order valence-corrected chi connectivity index (χ2v) is 5.49. The van der Waals surface area contributed by atoms with Crippen LogP contribution in [0.5, 0.6) is 0 Å². The standard InChI is InChI=1S/C15H10Cl3NO2/c16-10-6-7-11(17)12(8-10)19-15(21)13(18)14(20)9-4-2-1-3-5-9/h1-8,13H,(H,19,21)/t13-/m0/s1. The SMILES string of the molecule is O=C(Nc1cc(Cl)ccc1Cl)[C@@H](Cl)C(=O)c1ccccc1. The maximum atomic E-state index is 12.1. The highest BCUT2D eigenvalue weighted by molar-refractivity contribution is 6.46. The minimum Gasteiger partial charge on any atom is -0.323 e. The van der Waals surface area contributed by atoms with Crippen LogP contribution in [0, 0.1) is 0 Å². The number of halogens is 3. The first-order valence-electron chi connectivity index (χ1n) is 5.98. The molecule has 21 heavy (non-hydrogen) atoms. The number of amides is 1. The lowest BCUT2D eigenvalue weighted by Gasteiger charge is -2.11. The second kappa shape index (κ2) is 6.94. The van der Waals surface area contributed by atoms with Crippen LogP contribution in [0.1, 0.15) is 10.4 Å². The highest BCUT2D eigenvalue weighted by atomic mass is 35.5. The van der Waals surface area contributed by atoms with E-state index in [1.165, 1.54) is 6.07 Å². The predicted octanol–water partition coefficient (Wildman–Crippen LogP) is 4.42. The van der Waals surface area contributed by atoms with Crippen LogP contribution in [-0.2, 0) is 4.79 Å². The van der Waals surface area contributed by atoms with Crippen LogP contribution in [0.4, 0.5) is 5.69 Å². The minimum absolute atomic E-state index is 0.306. The Hall–Kier alpha value is -1.55. The van der Waals surface area contributed by atoms with E-state index < -0.39 is 17.1 Å². The van der Waals surface area contributed by atoms with Gasteiger partial charge in [-0.05, 0) is 18.2 Å². The number of nitrogens with one attached hydrogen (secondary N) is 1. The van der Waals surface area contributed by atoms with Crippen LogP contribution in [-0.4, -0.2) is 17.1 Å². The van der Waals surface area contributed by atoms with E-state index in [-0.39, 0.29) is 0 Å². The number of hydrogen-bond donors (Lipinski definition) is 1. The lowest BCUT2D eigenvalue weighted by molar-refractivity contribution is -0.115. The van der Waals surface area contributed by atoms with Crippen molar-refractivity contribution in [1.29, 1.82) is 0 Å². The van der Waals surface area contributed by atoms with Gasteiger partial charge in [-0.1, -0.05) is 53.5 Å². The Morgan fingerprint density at radius 2 is 1.67 bits per heavy atom. The van der Waals surface area contributed by atoms with Gasteiger partial charge in [-0.15, -0.1) is 11.6 Å². The number of rotatable bonds is 4. The molecule has 6 heteroatoms. The van der Waals surface area contributed by atoms with E-state index >= 15 is 0 Å². The van der Waals surface area contributed by atoms with Gasteiger partial charge in [-0.2, -0.15) is 0 Å². The van der Waals surface area contributed by atoms with Crippen LogP contribution in [0.15, 0.2) is 48.5 Å². The molecule has 1 amide bonds. The van der Waals surface area contributed by atoms with Gasteiger partial charge in [-0.3, -0.25) is 9.59 Å². The third-order valence-corrected chi connectivity index (χ3v) is 3.67. The van der Waals surface area contributed by atoms with E-state index in [1.807, 2.05) is 0 Å². The average molecular weight is 343 g/mol. The second-order valence-electron chi connectivity index (χ2n) is 4.21. The molecule has 0 aliphatic carbocycles. The topological polar surface area (TPSA) is 46.2 Å². The summed E-state index contributed by atoms with van der Waals surface area (Å²) in [7, 11) is 0. The number of benzene rings is 2. The molecule has 2 aromatic carbocycles. The van der Waals surface area contributed by atoms with Crippen molar-refractivity contribution in [3.05, 3.63) is 64.1 Å². The molecule has 1 N–H and O–H groups in total. The Labute approximate surface area is 136 Å². The lowest BCUT2D eigenvalue weighted by Crippen LogP contribution is -2.30. The highest BCUT2D eigenvalue weighted by Crippen LogP contribution is 2.26. The molecule has 2 rings (SSSR count). The van der Waals surface area contributed by atoms with Gasteiger partial charge >= 0.3 is 0 Å². The van der Waals surface area contributed by atoms with Crippen LogP contribution >= 0.6 is 34.8 Å². The van der Waals surface area contributed by atoms with Crippen molar-refractivity contribution in [2.45, 2.75) is 5.38 Å². The minimum atomic E-state index is -1.34. The quantitative estimate of drug-likeness (QED) is 0.508. The van der Waals surface area contributed by atoms with Gasteiger partial charge < -0.3 is 5.32 Å². The Balaban J connectivity index is 2.13. The molecule has 0 aromatic heterocycles. The molecule has 0 aliphatic heterocycles. The average Bonchev–Trinajstić information content (AvgIpc) is 2.50. The lowest BCUT2D eigenvalue weighted by atomic mass is 10.1. The molecule has 2 aromatic rings. The summed E-state index contributed by atoms with van der Waals surface area (Å²) in [5.41, 5.74) is 0.672. The smallest absolute Gasteiger partial charge is 0.250 e. The summed E-state index contributed by atoms with van der Waals surface area (Å²) in [6.45, 7) is 0. The van der Waals surface area contributed by atoms with Gasteiger partial charge in [-0.25, -0.2) is 0 Å². The van der Waals surface area contributed by atoms with E-state index in [2.05, 4.69) is 5.32 Å². The fourth-order valence-corrected chi connectivity index (χ4v) is 2.17. The van der Waals surface area contributed by atoms with Crippen molar-refractivity contribution in [3.63, 3.8) is 0 Å². The normalized spacial score (nSPS) is 11.8. The van der Waals surface area contributed by atoms with E-state index in [0.717, 1.165) is 0 Å². The summed E-state index contributed by atoms with van der Waals surface area (Å²) < 4.78 is 0. The number of ketones is 1. The van der Waals surface area contributed by atoms with Crippen molar-refractivity contribution in [2.75, 3.05) is 5.32 Å². The van der Waals surface area contributed by atoms with Crippen LogP contribution < -0.4 is 5.32 Å². The zero-order valence-corrected chi connectivity index (χ0v) is 12.9. The van der Waals surface area contributed by atoms with Crippen molar-refractivity contribution >= 4 is 52.2 Å². The molecule has 0 fully saturated rings. The summed E-state index contributed by atoms with van der Waals surface area (Å²) >= 11 is 17.7. The van der Waals surface area contributed by atoms with Crippen molar-refractivity contribution in [1.82, 2.24) is 0 Å². The molecular formula is C15H10Cl3NO2. The van der Waals surface area contributed by atoms with Crippen molar-refractivity contribution in [2.24, 2.45) is 0 Å². The zero-order valence-electron chi connectivity index (χ0n) is 10.6. The monoisotopic (exact) mass is 341 g/mol. The first-order valence-corrected chi connectivity index (χ1v) is 7.17. The van der Waals surface area contributed by atoms with Crippen molar-refractivity contribution < 1.29 is 9.59 Å². The Morgan fingerprint density at radius 1 is 1.00 bits per heavy atom. The van der Waals surface area contributed by atoms with Crippen molar-refractivity contribution in [3.8, 4) is 0 Å². The molecule has 0 bridgehead atoms. The Kier molecular flexibility index (Phi) is 5.23. The molecule has 0 saturated heterocycles. The first kappa shape index (κ1) is 15.8. The van der Waals surface area contributed by atoms with Gasteiger partial charge in [0.25, 0.3) is 0 Å². The molecule has 1 atom stereocenters. The summed E-state index contributed by atoms with van der Waals surface area (Å²) in [4.78, 5) is 24.1. The largest absolute Gasteiger partial charge is 0.323 e. The summed E-state index contributed by atoms with van der Waals surface area (Å²) in [6, 6.07) is 13.0. The van der Waals surface area contributed by atoms with E-state index in [4.69, 9.17) is 34.8 Å². The maximum absolute atomic E-state index is 12.1. The summed E-state index contributed by atoms with van der Waals surface area (Å²) in [6.07, 6.45) is 0. The molecular weight excluding hydrogens is 333 g/mol. The third kappa shape index (κ3) is 3.97. The van der Waals surface area contributed by atoms with Crippen LogP contribution in [0.25, 0.3) is 0 Å². The van der Waals surface area contributed by atoms with Gasteiger partial charge in [0.15, 0.2) is 11.2 Å². The first-order chi connectivity index (χ1) is 9.99. The third-order valence-electron chi connectivity index (χ3n) is 2.70. The number of alkyl halides is 1. The van der Waals surface area contributed by atoms with Crippen LogP contribution in [0.2, 0.25) is 10.0 Å². The van der Waals surface area contributed by atoms with Gasteiger partial charge in [0.2, 0.25) is 5.91 Å². The van der Waals surface area contributed by atoms with E-state index in [9.17, 15) is 9.59 Å². The number of carbonyl (C=O) groups is 2. The van der Waals surface area contributed by atoms with Gasteiger partial charge in [0, 0.05) is 10.6 Å². The molecule has 0 radical (unpaired) electrons. The maximum Gasteiger partial charge on any atom is 0.250 e. The Bertz CT molecular complexity index is 674. The highest BCUT2D eigenvalue weighted by Gasteiger charge is 2.25. The molecule has 0 heterocycles. The number of hydrogen-bond acceptors (Lipinski definition) is 2. The number of carbonyl (C=O) groups excluding carboxylic acids is 2. The number of anilines is 1. The zero-order chi connectivity index (χ0) is 15.4. The molecule has 0 spiro atoms. The summed E-state index contributed by atoms with van der Waals surface area (Å²) in [5, 5.41) is 1.87. The fourth-order valence-electron chi connectivity index (χ4n) is 1.66. The summed E-state index contributed by atoms with van der Waals surface area (Å²) in [5.74, 6) is -1.14. The molecule has 3 nitrogen and oxygen atoms in total. The fraction of sp³-hybridized carbons (Fsp3) is 0.0667. The van der Waals surface area contributed by atoms with Gasteiger partial charge in [0.05, 0.1) is 10.7 Å². The van der Waals surface area contributed by atoms with E-state index in [1.54, 1.807) is 42.5 Å². The Morgan fingerprint density at radius 3 is 2.33 bits per heavy atom. The molecule has 0 aliphatic rings. The van der Waals surface area contributed by atoms with E-state index in [0.29, 0.717) is 21.3 Å². The predicted molar refractivity (Wildman–Crippen MR) is 85.5 cm³/mol.